The van der Waals surface area contributed by atoms with Crippen molar-refractivity contribution in [1.29, 1.82) is 5.26 Å². The minimum absolute atomic E-state index is 0.406. The van der Waals surface area contributed by atoms with E-state index in [1.165, 1.54) is 0 Å². The molecule has 1 aliphatic heterocycles. The number of nitrogens with one attached hydrogen (secondary N) is 2. The van der Waals surface area contributed by atoms with Gasteiger partial charge >= 0.3 is 0 Å². The number of aliphatic hydroxyl groups is 1. The second-order valence-electron chi connectivity index (χ2n) is 6.74. The number of β-amino-alcohol motifs (C(OH)–C–C–N with tert-alkyl or cyclic N) is 1. The fourth-order valence-corrected chi connectivity index (χ4v) is 2.77. The minimum atomic E-state index is -0.859. The average molecular weight is 359 g/mol. The van der Waals surface area contributed by atoms with Crippen LogP contribution in [-0.2, 0) is 11.3 Å². The molecule has 7 heteroatoms. The summed E-state index contributed by atoms with van der Waals surface area (Å²) in [6.45, 7) is 9.23. The summed E-state index contributed by atoms with van der Waals surface area (Å²) in [5, 5.41) is 25.9. The van der Waals surface area contributed by atoms with Crippen LogP contribution in [0.15, 0.2) is 29.3 Å². The van der Waals surface area contributed by atoms with Gasteiger partial charge in [-0.05, 0) is 31.5 Å². The van der Waals surface area contributed by atoms with Crippen molar-refractivity contribution in [3.05, 3.63) is 35.4 Å². The Labute approximate surface area is 155 Å². The monoisotopic (exact) mass is 359 g/mol. The van der Waals surface area contributed by atoms with Crippen LogP contribution in [0.2, 0.25) is 0 Å². The first-order valence-electron chi connectivity index (χ1n) is 9.06. The van der Waals surface area contributed by atoms with E-state index in [-0.39, 0.29) is 0 Å². The first-order chi connectivity index (χ1) is 12.5. The van der Waals surface area contributed by atoms with Crippen molar-refractivity contribution in [3.8, 4) is 6.07 Å². The standard InChI is InChI=1S/C19H29N5O2/c1-3-21-18(22-13-17-6-4-16(12-20)5-7-17)23-14-19(2,25)15-24-8-10-26-11-9-24/h4-7,25H,3,8-11,13-15H2,1-2H3,(H2,21,22,23). The van der Waals surface area contributed by atoms with Gasteiger partial charge in [-0.2, -0.15) is 5.26 Å². The first kappa shape index (κ1) is 20.2. The molecule has 1 unspecified atom stereocenters. The molecule has 0 spiro atoms. The molecule has 0 aromatic heterocycles. The second kappa shape index (κ2) is 10.1. The molecule has 142 valence electrons. The van der Waals surface area contributed by atoms with E-state index in [0.717, 1.165) is 38.4 Å². The van der Waals surface area contributed by atoms with Crippen LogP contribution in [0.5, 0.6) is 0 Å². The van der Waals surface area contributed by atoms with Crippen molar-refractivity contribution in [2.75, 3.05) is 45.9 Å². The molecule has 1 aliphatic rings. The molecule has 0 saturated carbocycles. The third kappa shape index (κ3) is 7.00. The Hall–Kier alpha value is -2.14. The van der Waals surface area contributed by atoms with Crippen LogP contribution in [0.4, 0.5) is 0 Å². The van der Waals surface area contributed by atoms with E-state index in [9.17, 15) is 5.11 Å². The van der Waals surface area contributed by atoms with Gasteiger partial charge in [0.2, 0.25) is 0 Å². The highest BCUT2D eigenvalue weighted by molar-refractivity contribution is 5.79. The normalized spacial score (nSPS) is 18.0. The first-order valence-corrected chi connectivity index (χ1v) is 9.06. The Morgan fingerprint density at radius 2 is 2.00 bits per heavy atom. The Balaban J connectivity index is 1.88. The summed E-state index contributed by atoms with van der Waals surface area (Å²) in [6, 6.07) is 9.50. The van der Waals surface area contributed by atoms with E-state index in [0.29, 0.717) is 31.2 Å². The van der Waals surface area contributed by atoms with Gasteiger partial charge in [-0.1, -0.05) is 12.1 Å². The summed E-state index contributed by atoms with van der Waals surface area (Å²) < 4.78 is 5.35. The number of benzene rings is 1. The van der Waals surface area contributed by atoms with E-state index in [4.69, 9.17) is 10.00 Å². The van der Waals surface area contributed by atoms with Gasteiger partial charge in [-0.25, -0.2) is 4.99 Å². The molecule has 1 aromatic carbocycles. The summed E-state index contributed by atoms with van der Waals surface area (Å²) in [5.41, 5.74) is 0.810. The third-order valence-corrected chi connectivity index (χ3v) is 4.15. The number of ether oxygens (including phenoxy) is 1. The fraction of sp³-hybridized carbons (Fsp3) is 0.579. The predicted molar refractivity (Wildman–Crippen MR) is 102 cm³/mol. The number of guanidine groups is 1. The average Bonchev–Trinajstić information content (AvgIpc) is 2.65. The lowest BCUT2D eigenvalue weighted by Crippen LogP contribution is -2.52. The third-order valence-electron chi connectivity index (χ3n) is 4.15. The topological polar surface area (TPSA) is 92.9 Å². The Morgan fingerprint density at radius 3 is 2.62 bits per heavy atom. The van der Waals surface area contributed by atoms with E-state index < -0.39 is 5.60 Å². The molecular formula is C19H29N5O2. The maximum absolute atomic E-state index is 10.7. The van der Waals surface area contributed by atoms with Crippen LogP contribution in [0, 0.1) is 11.3 Å². The summed E-state index contributed by atoms with van der Waals surface area (Å²) in [6.07, 6.45) is 0. The minimum Gasteiger partial charge on any atom is -0.387 e. The van der Waals surface area contributed by atoms with Gasteiger partial charge in [-0.3, -0.25) is 4.90 Å². The van der Waals surface area contributed by atoms with Crippen LogP contribution in [0.25, 0.3) is 0 Å². The number of nitrogens with zero attached hydrogens (tertiary/aromatic N) is 3. The lowest BCUT2D eigenvalue weighted by atomic mass is 10.1. The summed E-state index contributed by atoms with van der Waals surface area (Å²) >= 11 is 0. The van der Waals surface area contributed by atoms with Gasteiger partial charge in [0.1, 0.15) is 0 Å². The molecule has 2 rings (SSSR count). The maximum atomic E-state index is 10.7. The molecule has 0 aliphatic carbocycles. The number of nitriles is 1. The van der Waals surface area contributed by atoms with Crippen LogP contribution in [0.3, 0.4) is 0 Å². The molecule has 7 nitrogen and oxygen atoms in total. The lowest BCUT2D eigenvalue weighted by molar-refractivity contribution is -0.0201. The Morgan fingerprint density at radius 1 is 1.31 bits per heavy atom. The van der Waals surface area contributed by atoms with Crippen molar-refractivity contribution in [2.24, 2.45) is 4.99 Å². The van der Waals surface area contributed by atoms with E-state index >= 15 is 0 Å². The molecule has 1 aromatic rings. The largest absolute Gasteiger partial charge is 0.387 e. The van der Waals surface area contributed by atoms with Crippen molar-refractivity contribution in [1.82, 2.24) is 15.5 Å². The van der Waals surface area contributed by atoms with Crippen LogP contribution < -0.4 is 10.6 Å². The molecule has 0 amide bonds. The number of hydrogen-bond acceptors (Lipinski definition) is 5. The highest BCUT2D eigenvalue weighted by Gasteiger charge is 2.25. The van der Waals surface area contributed by atoms with Gasteiger partial charge in [0.15, 0.2) is 5.96 Å². The van der Waals surface area contributed by atoms with Crippen molar-refractivity contribution >= 4 is 5.96 Å². The summed E-state index contributed by atoms with van der Waals surface area (Å²) in [4.78, 5) is 6.77. The molecular weight excluding hydrogens is 330 g/mol. The predicted octanol–water partition coefficient (Wildman–Crippen LogP) is 0.697. The number of aliphatic imine (C=N–C) groups is 1. The van der Waals surface area contributed by atoms with E-state index in [2.05, 4.69) is 26.6 Å². The van der Waals surface area contributed by atoms with Crippen LogP contribution in [-0.4, -0.2) is 67.5 Å². The van der Waals surface area contributed by atoms with Gasteiger partial charge in [0.25, 0.3) is 0 Å². The quantitative estimate of drug-likeness (QED) is 0.490. The van der Waals surface area contributed by atoms with Gasteiger partial charge in [0, 0.05) is 32.7 Å². The molecule has 1 atom stereocenters. The zero-order valence-electron chi connectivity index (χ0n) is 15.7. The number of morpholine rings is 1. The Kier molecular flexibility index (Phi) is 7.85. The molecule has 1 heterocycles. The van der Waals surface area contributed by atoms with Gasteiger partial charge in [-0.15, -0.1) is 0 Å². The second-order valence-corrected chi connectivity index (χ2v) is 6.74. The zero-order chi connectivity index (χ0) is 18.8. The van der Waals surface area contributed by atoms with Crippen molar-refractivity contribution < 1.29 is 9.84 Å². The summed E-state index contributed by atoms with van der Waals surface area (Å²) in [7, 11) is 0. The molecule has 1 fully saturated rings. The molecule has 1 saturated heterocycles. The van der Waals surface area contributed by atoms with Gasteiger partial charge < -0.3 is 20.5 Å². The van der Waals surface area contributed by atoms with Crippen molar-refractivity contribution in [3.63, 3.8) is 0 Å². The summed E-state index contributed by atoms with van der Waals surface area (Å²) in [5.74, 6) is 0.666. The molecule has 3 N–H and O–H groups in total. The lowest BCUT2D eigenvalue weighted by Gasteiger charge is -2.34. The highest BCUT2D eigenvalue weighted by atomic mass is 16.5. The Bertz CT molecular complexity index is 616. The maximum Gasteiger partial charge on any atom is 0.191 e. The molecule has 26 heavy (non-hydrogen) atoms. The number of hydrogen-bond donors (Lipinski definition) is 3. The van der Waals surface area contributed by atoms with Crippen LogP contribution in [0.1, 0.15) is 25.0 Å². The van der Waals surface area contributed by atoms with Crippen molar-refractivity contribution in [2.45, 2.75) is 26.0 Å². The number of rotatable bonds is 7. The van der Waals surface area contributed by atoms with Gasteiger partial charge in [0.05, 0.1) is 37.0 Å². The highest BCUT2D eigenvalue weighted by Crippen LogP contribution is 2.08. The van der Waals surface area contributed by atoms with E-state index in [1.807, 2.05) is 26.0 Å². The molecule has 0 radical (unpaired) electrons. The zero-order valence-corrected chi connectivity index (χ0v) is 15.7. The SMILES string of the molecule is CCNC(=NCc1ccc(C#N)cc1)NCC(C)(O)CN1CCOCC1. The smallest absolute Gasteiger partial charge is 0.191 e. The fourth-order valence-electron chi connectivity index (χ4n) is 2.77. The van der Waals surface area contributed by atoms with Crippen LogP contribution >= 0.6 is 0 Å². The molecule has 0 bridgehead atoms. The van der Waals surface area contributed by atoms with E-state index in [1.54, 1.807) is 12.1 Å².